The molecule has 0 saturated carbocycles. The maximum absolute atomic E-state index is 12.0. The molecule has 144 valence electrons. The minimum Gasteiger partial charge on any atom is -0.370 e. The number of anilines is 1. The fraction of sp³-hybridized carbons (Fsp3) is 0.300. The smallest absolute Gasteiger partial charge is 0.251 e. The highest BCUT2D eigenvalue weighted by Crippen LogP contribution is 2.24. The molecule has 27 heavy (non-hydrogen) atoms. The highest BCUT2D eigenvalue weighted by molar-refractivity contribution is 14.0. The number of nitrogens with zero attached hydrogens (tertiary/aromatic N) is 1. The standard InChI is InChI=1S/C20H23BrN4O.HI/c21-17-7-2-6-16(12-17)19(26)23-10-3-11-24-20(22)25-18-9-8-14-4-1-5-15(14)13-18;/h2,6-9,12-13H,1,3-5,10-11H2,(H,23,26)(H3,22,24,25);1H. The van der Waals surface area contributed by atoms with Crippen molar-refractivity contribution in [2.24, 2.45) is 10.7 Å². The Morgan fingerprint density at radius 1 is 1.15 bits per heavy atom. The molecule has 1 amide bonds. The summed E-state index contributed by atoms with van der Waals surface area (Å²) in [7, 11) is 0. The average Bonchev–Trinajstić information content (AvgIpc) is 3.09. The molecule has 0 aliphatic heterocycles. The molecule has 3 rings (SSSR count). The van der Waals surface area contributed by atoms with Crippen LogP contribution in [-0.4, -0.2) is 25.0 Å². The highest BCUT2D eigenvalue weighted by atomic mass is 127. The highest BCUT2D eigenvalue weighted by Gasteiger charge is 2.10. The molecule has 4 N–H and O–H groups in total. The van der Waals surface area contributed by atoms with Gasteiger partial charge in [-0.3, -0.25) is 9.79 Å². The topological polar surface area (TPSA) is 79.5 Å². The normalized spacial score (nSPS) is 12.9. The lowest BCUT2D eigenvalue weighted by molar-refractivity contribution is 0.0953. The van der Waals surface area contributed by atoms with Crippen LogP contribution in [0.4, 0.5) is 5.69 Å². The minimum absolute atomic E-state index is 0. The Hall–Kier alpha value is -1.61. The number of amides is 1. The van der Waals surface area contributed by atoms with E-state index in [1.54, 1.807) is 12.1 Å². The number of nitrogens with two attached hydrogens (primary N) is 1. The van der Waals surface area contributed by atoms with Crippen LogP contribution in [0.5, 0.6) is 0 Å². The van der Waals surface area contributed by atoms with Gasteiger partial charge in [-0.1, -0.05) is 28.1 Å². The molecular formula is C20H24BrIN4O. The fourth-order valence-electron chi connectivity index (χ4n) is 3.05. The Labute approximate surface area is 185 Å². The van der Waals surface area contributed by atoms with Crippen LogP contribution in [0.15, 0.2) is 51.9 Å². The van der Waals surface area contributed by atoms with Crippen LogP contribution < -0.4 is 16.4 Å². The number of halogens is 2. The first-order valence-electron chi connectivity index (χ1n) is 8.84. The zero-order valence-corrected chi connectivity index (χ0v) is 18.9. The molecule has 0 fully saturated rings. The lowest BCUT2D eigenvalue weighted by Crippen LogP contribution is -2.26. The number of fused-ring (bicyclic) bond motifs is 1. The third-order valence-electron chi connectivity index (χ3n) is 4.36. The lowest BCUT2D eigenvalue weighted by atomic mass is 10.1. The molecule has 0 heterocycles. The van der Waals surface area contributed by atoms with Crippen molar-refractivity contribution in [1.29, 1.82) is 0 Å². The van der Waals surface area contributed by atoms with Crippen LogP contribution in [0.25, 0.3) is 0 Å². The van der Waals surface area contributed by atoms with Gasteiger partial charge in [0.25, 0.3) is 5.91 Å². The van der Waals surface area contributed by atoms with Crippen LogP contribution in [-0.2, 0) is 12.8 Å². The maximum atomic E-state index is 12.0. The van der Waals surface area contributed by atoms with Gasteiger partial charge >= 0.3 is 0 Å². The number of guanidine groups is 1. The summed E-state index contributed by atoms with van der Waals surface area (Å²) in [6, 6.07) is 13.7. The average molecular weight is 543 g/mol. The van der Waals surface area contributed by atoms with Crippen molar-refractivity contribution >= 4 is 57.5 Å². The van der Waals surface area contributed by atoms with E-state index in [2.05, 4.69) is 43.7 Å². The molecular weight excluding hydrogens is 519 g/mol. The molecule has 1 aliphatic carbocycles. The maximum Gasteiger partial charge on any atom is 0.251 e. The second kappa shape index (κ2) is 10.7. The monoisotopic (exact) mass is 542 g/mol. The molecule has 5 nitrogen and oxygen atoms in total. The third-order valence-corrected chi connectivity index (χ3v) is 4.85. The Morgan fingerprint density at radius 2 is 1.96 bits per heavy atom. The summed E-state index contributed by atoms with van der Waals surface area (Å²) in [6.07, 6.45) is 4.27. The van der Waals surface area contributed by atoms with Gasteiger partial charge in [-0.15, -0.1) is 24.0 Å². The molecule has 2 aromatic carbocycles. The first-order valence-corrected chi connectivity index (χ1v) is 9.63. The van der Waals surface area contributed by atoms with Crippen LogP contribution in [0.2, 0.25) is 0 Å². The van der Waals surface area contributed by atoms with Gasteiger partial charge in [0.1, 0.15) is 0 Å². The summed E-state index contributed by atoms with van der Waals surface area (Å²) in [5, 5.41) is 6.03. The van der Waals surface area contributed by atoms with Gasteiger partial charge in [-0.25, -0.2) is 0 Å². The summed E-state index contributed by atoms with van der Waals surface area (Å²) in [5.74, 6) is 0.320. The van der Waals surface area contributed by atoms with Gasteiger partial charge in [-0.05, 0) is 67.1 Å². The molecule has 0 bridgehead atoms. The Morgan fingerprint density at radius 3 is 2.78 bits per heavy atom. The van der Waals surface area contributed by atoms with Gasteiger partial charge in [0, 0.05) is 28.8 Å². The Kier molecular flexibility index (Phi) is 8.56. The Balaban J connectivity index is 0.00000261. The van der Waals surface area contributed by atoms with Crippen molar-refractivity contribution in [2.45, 2.75) is 25.7 Å². The van der Waals surface area contributed by atoms with E-state index in [4.69, 9.17) is 5.73 Å². The number of rotatable bonds is 6. The van der Waals surface area contributed by atoms with E-state index in [9.17, 15) is 4.79 Å². The summed E-state index contributed by atoms with van der Waals surface area (Å²) in [6.45, 7) is 1.11. The van der Waals surface area contributed by atoms with Crippen molar-refractivity contribution in [3.63, 3.8) is 0 Å². The largest absolute Gasteiger partial charge is 0.370 e. The molecule has 0 spiro atoms. The van der Waals surface area contributed by atoms with Crippen molar-refractivity contribution in [1.82, 2.24) is 5.32 Å². The SMILES string of the molecule is I.NC(=NCCCNC(=O)c1cccc(Br)c1)Nc1ccc2c(c1)CCC2. The number of hydrogen-bond acceptors (Lipinski definition) is 2. The fourth-order valence-corrected chi connectivity index (χ4v) is 3.45. The first kappa shape index (κ1) is 21.7. The van der Waals surface area contributed by atoms with Gasteiger partial charge in [-0.2, -0.15) is 0 Å². The number of aryl methyl sites for hydroxylation is 2. The van der Waals surface area contributed by atoms with Gasteiger partial charge in [0.15, 0.2) is 5.96 Å². The van der Waals surface area contributed by atoms with Crippen LogP contribution in [0.1, 0.15) is 34.3 Å². The molecule has 0 aromatic heterocycles. The zero-order chi connectivity index (χ0) is 18.4. The van der Waals surface area contributed by atoms with Crippen molar-refractivity contribution < 1.29 is 4.79 Å². The second-order valence-corrected chi connectivity index (χ2v) is 7.26. The predicted molar refractivity (Wildman–Crippen MR) is 125 cm³/mol. The molecule has 7 heteroatoms. The molecule has 1 aliphatic rings. The lowest BCUT2D eigenvalue weighted by Gasteiger charge is -2.08. The third kappa shape index (κ3) is 6.49. The number of benzene rings is 2. The minimum atomic E-state index is -0.0838. The van der Waals surface area contributed by atoms with E-state index in [0.29, 0.717) is 24.6 Å². The van der Waals surface area contributed by atoms with E-state index in [1.807, 2.05) is 18.2 Å². The Bertz CT molecular complexity index is 825. The number of hydrogen-bond donors (Lipinski definition) is 3. The second-order valence-electron chi connectivity index (χ2n) is 6.35. The van der Waals surface area contributed by atoms with Crippen LogP contribution >= 0.6 is 39.9 Å². The van der Waals surface area contributed by atoms with Crippen molar-refractivity contribution in [2.75, 3.05) is 18.4 Å². The number of aliphatic imine (C=N–C) groups is 1. The van der Waals surface area contributed by atoms with Gasteiger partial charge in [0.2, 0.25) is 0 Å². The van der Waals surface area contributed by atoms with E-state index in [0.717, 1.165) is 23.0 Å². The first-order chi connectivity index (χ1) is 12.6. The van der Waals surface area contributed by atoms with E-state index >= 15 is 0 Å². The summed E-state index contributed by atoms with van der Waals surface area (Å²) in [4.78, 5) is 16.3. The summed E-state index contributed by atoms with van der Waals surface area (Å²) >= 11 is 3.36. The number of carbonyl (C=O) groups excluding carboxylic acids is 1. The van der Waals surface area contributed by atoms with Crippen LogP contribution in [0, 0.1) is 0 Å². The molecule has 0 saturated heterocycles. The zero-order valence-electron chi connectivity index (χ0n) is 15.0. The summed E-state index contributed by atoms with van der Waals surface area (Å²) < 4.78 is 0.889. The van der Waals surface area contributed by atoms with Gasteiger partial charge < -0.3 is 16.4 Å². The van der Waals surface area contributed by atoms with Crippen molar-refractivity contribution in [3.8, 4) is 0 Å². The van der Waals surface area contributed by atoms with E-state index < -0.39 is 0 Å². The quantitative estimate of drug-likeness (QED) is 0.222. The molecule has 0 unspecified atom stereocenters. The molecule has 0 radical (unpaired) electrons. The van der Waals surface area contributed by atoms with Gasteiger partial charge in [0.05, 0.1) is 0 Å². The molecule has 0 atom stereocenters. The number of nitrogens with one attached hydrogen (secondary N) is 2. The van der Waals surface area contributed by atoms with Crippen molar-refractivity contribution in [3.05, 3.63) is 63.6 Å². The van der Waals surface area contributed by atoms with E-state index in [1.165, 1.54) is 24.0 Å². The summed E-state index contributed by atoms with van der Waals surface area (Å²) in [5.41, 5.74) is 10.4. The molecule has 2 aromatic rings. The van der Waals surface area contributed by atoms with E-state index in [-0.39, 0.29) is 29.9 Å². The van der Waals surface area contributed by atoms with Crippen LogP contribution in [0.3, 0.4) is 0 Å². The number of carbonyl (C=O) groups is 1. The predicted octanol–water partition coefficient (Wildman–Crippen LogP) is 4.10.